The summed E-state index contributed by atoms with van der Waals surface area (Å²) in [6.07, 6.45) is -0.730. The van der Waals surface area contributed by atoms with Gasteiger partial charge in [-0.15, -0.1) is 0 Å². The Kier molecular flexibility index (Phi) is 1.21. The van der Waals surface area contributed by atoms with Gasteiger partial charge in [-0.25, -0.2) is 0 Å². The maximum Gasteiger partial charge on any atom is 0.308 e. The molecule has 46 valence electrons. The molecule has 3 nitrogen and oxygen atoms in total. The zero-order chi connectivity index (χ0) is 6.15. The summed E-state index contributed by atoms with van der Waals surface area (Å²) in [5, 5.41) is 8.82. The number of rotatable bonds is 0. The van der Waals surface area contributed by atoms with Crippen molar-refractivity contribution >= 4 is 5.97 Å². The molecule has 2 atom stereocenters. The number of hydrogen-bond donors (Lipinski definition) is 1. The molecule has 0 aromatic rings. The lowest BCUT2D eigenvalue weighted by molar-refractivity contribution is -0.141. The van der Waals surface area contributed by atoms with Gasteiger partial charge in [0.2, 0.25) is 0 Å². The van der Waals surface area contributed by atoms with Crippen LogP contribution in [-0.4, -0.2) is 23.3 Å². The van der Waals surface area contributed by atoms with Crippen molar-refractivity contribution in [1.82, 2.24) is 0 Å². The van der Waals surface area contributed by atoms with E-state index < -0.39 is 6.10 Å². The molecule has 0 aliphatic carbocycles. The molecule has 1 heterocycles. The zero-order valence-corrected chi connectivity index (χ0v) is 4.63. The van der Waals surface area contributed by atoms with E-state index in [9.17, 15) is 4.79 Å². The van der Waals surface area contributed by atoms with Gasteiger partial charge in [0, 0.05) is 0 Å². The van der Waals surface area contributed by atoms with Crippen LogP contribution >= 0.6 is 0 Å². The Balaban J connectivity index is 2.51. The van der Waals surface area contributed by atoms with Crippen molar-refractivity contribution < 1.29 is 14.6 Å². The van der Waals surface area contributed by atoms with Crippen LogP contribution in [0.5, 0.6) is 0 Å². The smallest absolute Gasteiger partial charge is 0.308 e. The van der Waals surface area contributed by atoms with Gasteiger partial charge >= 0.3 is 5.97 Å². The molecule has 0 aromatic carbocycles. The number of carbonyl (C=O) groups excluding carboxylic acids is 1. The van der Waals surface area contributed by atoms with E-state index in [2.05, 4.69) is 4.74 Å². The van der Waals surface area contributed by atoms with Crippen LogP contribution in [0.2, 0.25) is 0 Å². The number of esters is 1. The van der Waals surface area contributed by atoms with E-state index >= 15 is 0 Å². The van der Waals surface area contributed by atoms with Gasteiger partial charge in [0.25, 0.3) is 0 Å². The molecular weight excluding hydrogens is 108 g/mol. The molecule has 8 heavy (non-hydrogen) atoms. The van der Waals surface area contributed by atoms with E-state index in [0.717, 1.165) is 0 Å². The minimum atomic E-state index is -0.581. The normalized spacial score (nSPS) is 37.5. The first-order chi connectivity index (χ1) is 3.70. The SMILES string of the molecule is C[C@@H]1OC(=O)C[C@@H]1O. The molecule has 0 bridgehead atoms. The number of hydrogen-bond acceptors (Lipinski definition) is 3. The van der Waals surface area contributed by atoms with Gasteiger partial charge in [-0.05, 0) is 6.92 Å². The van der Waals surface area contributed by atoms with Crippen LogP contribution in [0.1, 0.15) is 13.3 Å². The maximum absolute atomic E-state index is 10.3. The van der Waals surface area contributed by atoms with Crippen molar-refractivity contribution in [2.75, 3.05) is 0 Å². The summed E-state index contributed by atoms with van der Waals surface area (Å²) < 4.78 is 4.58. The summed E-state index contributed by atoms with van der Waals surface area (Å²) in [4.78, 5) is 10.3. The highest BCUT2D eigenvalue weighted by Gasteiger charge is 2.28. The first-order valence-electron chi connectivity index (χ1n) is 2.57. The summed E-state index contributed by atoms with van der Waals surface area (Å²) in [6.45, 7) is 1.68. The molecule has 0 radical (unpaired) electrons. The molecule has 0 spiro atoms. The Morgan fingerprint density at radius 2 is 2.50 bits per heavy atom. The molecule has 0 aromatic heterocycles. The van der Waals surface area contributed by atoms with Gasteiger partial charge in [0.05, 0.1) is 6.42 Å². The lowest BCUT2D eigenvalue weighted by Gasteiger charge is -2.02. The third-order valence-electron chi connectivity index (χ3n) is 1.23. The Bertz CT molecular complexity index is 98.2. The third kappa shape index (κ3) is 0.816. The largest absolute Gasteiger partial charge is 0.460 e. The fourth-order valence-corrected chi connectivity index (χ4v) is 0.671. The van der Waals surface area contributed by atoms with Gasteiger partial charge < -0.3 is 9.84 Å². The summed E-state index contributed by atoms with van der Waals surface area (Å²) in [5.41, 5.74) is 0. The number of aliphatic hydroxyl groups is 1. The second kappa shape index (κ2) is 1.74. The average molecular weight is 116 g/mol. The van der Waals surface area contributed by atoms with Crippen LogP contribution in [0, 0.1) is 0 Å². The van der Waals surface area contributed by atoms with Crippen LogP contribution < -0.4 is 0 Å². The van der Waals surface area contributed by atoms with Gasteiger partial charge in [0.15, 0.2) is 0 Å². The molecule has 1 fully saturated rings. The lowest BCUT2D eigenvalue weighted by Crippen LogP contribution is -2.15. The van der Waals surface area contributed by atoms with Crippen LogP contribution in [0.3, 0.4) is 0 Å². The van der Waals surface area contributed by atoms with Crippen molar-refractivity contribution in [1.29, 1.82) is 0 Å². The number of cyclic esters (lactones) is 1. The van der Waals surface area contributed by atoms with Gasteiger partial charge in [-0.1, -0.05) is 0 Å². The highest BCUT2D eigenvalue weighted by atomic mass is 16.6. The van der Waals surface area contributed by atoms with E-state index in [4.69, 9.17) is 5.11 Å². The molecule has 0 amide bonds. The van der Waals surface area contributed by atoms with Crippen molar-refractivity contribution in [3.05, 3.63) is 0 Å². The van der Waals surface area contributed by atoms with Crippen LogP contribution in [-0.2, 0) is 9.53 Å². The van der Waals surface area contributed by atoms with Gasteiger partial charge in [-0.2, -0.15) is 0 Å². The van der Waals surface area contributed by atoms with Gasteiger partial charge in [0.1, 0.15) is 12.2 Å². The summed E-state index contributed by atoms with van der Waals surface area (Å²) in [6, 6.07) is 0. The highest BCUT2D eigenvalue weighted by molar-refractivity contribution is 5.72. The number of aliphatic hydroxyl groups excluding tert-OH is 1. The second-order valence-electron chi connectivity index (χ2n) is 1.97. The molecule has 1 N–H and O–H groups in total. The quantitative estimate of drug-likeness (QED) is 0.441. The average Bonchev–Trinajstić information content (AvgIpc) is 1.85. The zero-order valence-electron chi connectivity index (χ0n) is 4.63. The fourth-order valence-electron chi connectivity index (χ4n) is 0.671. The first kappa shape index (κ1) is 5.56. The summed E-state index contributed by atoms with van der Waals surface area (Å²) in [7, 11) is 0. The van der Waals surface area contributed by atoms with Crippen molar-refractivity contribution in [2.24, 2.45) is 0 Å². The predicted octanol–water partition coefficient (Wildman–Crippen LogP) is -0.317. The Labute approximate surface area is 47.3 Å². The van der Waals surface area contributed by atoms with Crippen LogP contribution in [0.15, 0.2) is 0 Å². The molecule has 1 saturated heterocycles. The van der Waals surface area contributed by atoms with E-state index in [1.807, 2.05) is 0 Å². The van der Waals surface area contributed by atoms with Crippen molar-refractivity contribution in [2.45, 2.75) is 25.6 Å². The maximum atomic E-state index is 10.3. The van der Waals surface area contributed by atoms with Crippen LogP contribution in [0.25, 0.3) is 0 Å². The number of ether oxygens (including phenoxy) is 1. The Morgan fingerprint density at radius 1 is 1.88 bits per heavy atom. The highest BCUT2D eigenvalue weighted by Crippen LogP contribution is 2.12. The van der Waals surface area contributed by atoms with Gasteiger partial charge in [-0.3, -0.25) is 4.79 Å². The molecular formula is C5H8O3. The predicted molar refractivity (Wildman–Crippen MR) is 26.2 cm³/mol. The summed E-state index contributed by atoms with van der Waals surface area (Å²) >= 11 is 0. The molecule has 0 saturated carbocycles. The monoisotopic (exact) mass is 116 g/mol. The first-order valence-corrected chi connectivity index (χ1v) is 2.57. The fraction of sp³-hybridized carbons (Fsp3) is 0.800. The molecule has 3 heteroatoms. The molecule has 1 aliphatic heterocycles. The number of carbonyl (C=O) groups is 1. The third-order valence-corrected chi connectivity index (χ3v) is 1.23. The second-order valence-corrected chi connectivity index (χ2v) is 1.97. The lowest BCUT2D eigenvalue weighted by atomic mass is 10.2. The van der Waals surface area contributed by atoms with Crippen LogP contribution in [0.4, 0.5) is 0 Å². The van der Waals surface area contributed by atoms with Crippen molar-refractivity contribution in [3.63, 3.8) is 0 Å². The molecule has 1 aliphatic rings. The minimum absolute atomic E-state index is 0.154. The summed E-state index contributed by atoms with van der Waals surface area (Å²) in [5.74, 6) is -0.301. The standard InChI is InChI=1S/C5H8O3/c1-3-4(6)2-5(7)8-3/h3-4,6H,2H2,1H3/t3-,4-/m0/s1. The molecule has 0 unspecified atom stereocenters. The Morgan fingerprint density at radius 3 is 2.62 bits per heavy atom. The van der Waals surface area contributed by atoms with E-state index in [-0.39, 0.29) is 18.5 Å². The van der Waals surface area contributed by atoms with E-state index in [1.165, 1.54) is 0 Å². The van der Waals surface area contributed by atoms with Crippen molar-refractivity contribution in [3.8, 4) is 0 Å². The minimum Gasteiger partial charge on any atom is -0.460 e. The Hall–Kier alpha value is -0.570. The van der Waals surface area contributed by atoms with E-state index in [1.54, 1.807) is 6.92 Å². The molecule has 1 rings (SSSR count). The topological polar surface area (TPSA) is 46.5 Å². The van der Waals surface area contributed by atoms with E-state index in [0.29, 0.717) is 0 Å².